The molecule has 0 saturated heterocycles. The van der Waals surface area contributed by atoms with E-state index in [1.807, 2.05) is 16.1 Å². The highest BCUT2D eigenvalue weighted by Crippen LogP contribution is 2.35. The Morgan fingerprint density at radius 1 is 1.08 bits per heavy atom. The minimum absolute atomic E-state index is 0.603. The zero-order valence-electron chi connectivity index (χ0n) is 12.9. The molecule has 0 bridgehead atoms. The normalized spacial score (nSPS) is 11.5. The van der Waals surface area contributed by atoms with Gasteiger partial charge in [0, 0.05) is 17.3 Å². The third-order valence-corrected chi connectivity index (χ3v) is 4.95. The van der Waals surface area contributed by atoms with Crippen LogP contribution >= 0.6 is 11.3 Å². The number of fused-ring (bicyclic) bond motifs is 2. The number of hydrogen-bond donors (Lipinski definition) is 0. The van der Waals surface area contributed by atoms with Crippen LogP contribution in [0.1, 0.15) is 5.56 Å². The van der Waals surface area contributed by atoms with E-state index in [-0.39, 0.29) is 0 Å². The van der Waals surface area contributed by atoms with Crippen LogP contribution in [0.5, 0.6) is 0 Å². The van der Waals surface area contributed by atoms with E-state index in [4.69, 9.17) is 9.40 Å². The topological polar surface area (TPSA) is 43.3 Å². The van der Waals surface area contributed by atoms with Crippen molar-refractivity contribution in [2.75, 3.05) is 0 Å². The Morgan fingerprint density at radius 2 is 2.04 bits per heavy atom. The standard InChI is InChI=1S/C19H13N3OS/c1-12-3-2-4-13(9-12)17-18(22-7-8-23-19(22)21-17)14-5-6-15-16(10-14)24-11-20-15/h2-11H,1H3. The zero-order valence-corrected chi connectivity index (χ0v) is 13.7. The Balaban J connectivity index is 1.82. The highest BCUT2D eigenvalue weighted by molar-refractivity contribution is 7.16. The molecule has 116 valence electrons. The van der Waals surface area contributed by atoms with Gasteiger partial charge in [0.1, 0.15) is 12.0 Å². The molecule has 0 radical (unpaired) electrons. The zero-order chi connectivity index (χ0) is 16.1. The van der Waals surface area contributed by atoms with Crippen LogP contribution in [0.4, 0.5) is 0 Å². The van der Waals surface area contributed by atoms with Crippen molar-refractivity contribution in [1.82, 2.24) is 14.4 Å². The smallest absolute Gasteiger partial charge is 0.306 e. The summed E-state index contributed by atoms with van der Waals surface area (Å²) in [6.07, 6.45) is 3.57. The Hall–Kier alpha value is -2.92. The first kappa shape index (κ1) is 13.5. The van der Waals surface area contributed by atoms with Gasteiger partial charge in [-0.1, -0.05) is 29.8 Å². The largest absolute Gasteiger partial charge is 0.432 e. The second kappa shape index (κ2) is 5.04. The molecule has 5 aromatic rings. The van der Waals surface area contributed by atoms with Gasteiger partial charge in [0.2, 0.25) is 0 Å². The minimum atomic E-state index is 0.603. The van der Waals surface area contributed by atoms with Crippen molar-refractivity contribution in [2.24, 2.45) is 0 Å². The van der Waals surface area contributed by atoms with Gasteiger partial charge < -0.3 is 4.42 Å². The van der Waals surface area contributed by atoms with E-state index in [0.717, 1.165) is 28.0 Å². The van der Waals surface area contributed by atoms with E-state index in [2.05, 4.69) is 54.4 Å². The maximum Gasteiger partial charge on any atom is 0.306 e. The number of aryl methyl sites for hydroxylation is 1. The van der Waals surface area contributed by atoms with Crippen LogP contribution in [0, 0.1) is 6.92 Å². The number of benzene rings is 2. The molecule has 0 saturated carbocycles. The lowest BCUT2D eigenvalue weighted by Gasteiger charge is -2.05. The van der Waals surface area contributed by atoms with Crippen molar-refractivity contribution in [1.29, 1.82) is 0 Å². The fourth-order valence-electron chi connectivity index (χ4n) is 3.06. The number of imidazole rings is 1. The number of oxazole rings is 1. The molecular formula is C19H13N3OS. The van der Waals surface area contributed by atoms with Gasteiger partial charge in [-0.2, -0.15) is 4.98 Å². The number of rotatable bonds is 2. The van der Waals surface area contributed by atoms with Gasteiger partial charge in [0.15, 0.2) is 0 Å². The summed E-state index contributed by atoms with van der Waals surface area (Å²) >= 11 is 1.65. The Morgan fingerprint density at radius 3 is 2.96 bits per heavy atom. The minimum Gasteiger partial charge on any atom is -0.432 e. The lowest BCUT2D eigenvalue weighted by Crippen LogP contribution is -1.88. The van der Waals surface area contributed by atoms with Crippen LogP contribution in [0.2, 0.25) is 0 Å². The number of hydrogen-bond acceptors (Lipinski definition) is 4. The molecule has 0 aliphatic carbocycles. The Kier molecular flexibility index (Phi) is 2.84. The molecule has 0 fully saturated rings. The van der Waals surface area contributed by atoms with Gasteiger partial charge in [-0.15, -0.1) is 11.3 Å². The Bertz CT molecular complexity index is 1180. The first-order valence-electron chi connectivity index (χ1n) is 7.66. The second-order valence-electron chi connectivity index (χ2n) is 5.77. The molecule has 5 heteroatoms. The van der Waals surface area contributed by atoms with Gasteiger partial charge in [-0.25, -0.2) is 4.98 Å². The molecule has 24 heavy (non-hydrogen) atoms. The summed E-state index contributed by atoms with van der Waals surface area (Å²) in [5, 5.41) is 0. The maximum absolute atomic E-state index is 5.53. The highest BCUT2D eigenvalue weighted by Gasteiger charge is 2.18. The SMILES string of the molecule is Cc1cccc(-c2nc3occn3c2-c2ccc3ncsc3c2)c1. The first-order chi connectivity index (χ1) is 11.8. The lowest BCUT2D eigenvalue weighted by atomic mass is 10.0. The molecule has 0 spiro atoms. The van der Waals surface area contributed by atoms with Crippen molar-refractivity contribution >= 4 is 27.4 Å². The third kappa shape index (κ3) is 1.98. The summed E-state index contributed by atoms with van der Waals surface area (Å²) in [7, 11) is 0. The highest BCUT2D eigenvalue weighted by atomic mass is 32.1. The summed E-state index contributed by atoms with van der Waals surface area (Å²) in [6.45, 7) is 2.09. The van der Waals surface area contributed by atoms with Crippen LogP contribution in [0.15, 0.2) is 64.9 Å². The monoisotopic (exact) mass is 331 g/mol. The molecule has 5 rings (SSSR count). The quantitative estimate of drug-likeness (QED) is 0.448. The molecule has 0 atom stereocenters. The summed E-state index contributed by atoms with van der Waals surface area (Å²) in [4.78, 5) is 9.08. The fraction of sp³-hybridized carbons (Fsp3) is 0.0526. The van der Waals surface area contributed by atoms with E-state index in [9.17, 15) is 0 Å². The predicted molar refractivity (Wildman–Crippen MR) is 96.2 cm³/mol. The molecule has 0 amide bonds. The van der Waals surface area contributed by atoms with E-state index in [1.165, 1.54) is 10.3 Å². The summed E-state index contributed by atoms with van der Waals surface area (Å²) < 4.78 is 8.69. The lowest BCUT2D eigenvalue weighted by molar-refractivity contribution is 0.596. The molecule has 3 heterocycles. The van der Waals surface area contributed by atoms with E-state index < -0.39 is 0 Å². The van der Waals surface area contributed by atoms with Crippen LogP contribution < -0.4 is 0 Å². The van der Waals surface area contributed by atoms with Crippen molar-refractivity contribution < 1.29 is 4.42 Å². The van der Waals surface area contributed by atoms with Crippen molar-refractivity contribution in [2.45, 2.75) is 6.92 Å². The summed E-state index contributed by atoms with van der Waals surface area (Å²) in [5.41, 5.74) is 8.28. The van der Waals surface area contributed by atoms with Crippen molar-refractivity contribution in [3.8, 4) is 22.5 Å². The molecule has 0 unspecified atom stereocenters. The van der Waals surface area contributed by atoms with Crippen LogP contribution in [-0.2, 0) is 0 Å². The number of nitrogens with zero attached hydrogens (tertiary/aromatic N) is 3. The maximum atomic E-state index is 5.53. The predicted octanol–water partition coefficient (Wildman–Crippen LogP) is 5.18. The molecule has 3 aromatic heterocycles. The molecule has 0 aliphatic rings. The van der Waals surface area contributed by atoms with Crippen LogP contribution in [0.25, 0.3) is 38.6 Å². The molecular weight excluding hydrogens is 318 g/mol. The third-order valence-electron chi connectivity index (χ3n) is 4.16. The Labute approximate surface area is 142 Å². The van der Waals surface area contributed by atoms with Gasteiger partial charge in [0.25, 0.3) is 0 Å². The first-order valence-corrected chi connectivity index (χ1v) is 8.54. The van der Waals surface area contributed by atoms with Crippen molar-refractivity contribution in [3.05, 3.63) is 66.0 Å². The van der Waals surface area contributed by atoms with E-state index >= 15 is 0 Å². The second-order valence-corrected chi connectivity index (χ2v) is 6.66. The van der Waals surface area contributed by atoms with Gasteiger partial charge >= 0.3 is 5.84 Å². The van der Waals surface area contributed by atoms with Gasteiger partial charge in [-0.05, 0) is 25.1 Å². The molecule has 0 aliphatic heterocycles. The average molecular weight is 331 g/mol. The van der Waals surface area contributed by atoms with Gasteiger partial charge in [0.05, 0.1) is 21.4 Å². The van der Waals surface area contributed by atoms with Crippen molar-refractivity contribution in [3.63, 3.8) is 0 Å². The van der Waals surface area contributed by atoms with Crippen LogP contribution in [0.3, 0.4) is 0 Å². The van der Waals surface area contributed by atoms with E-state index in [1.54, 1.807) is 17.6 Å². The van der Waals surface area contributed by atoms with Crippen LogP contribution in [-0.4, -0.2) is 14.4 Å². The van der Waals surface area contributed by atoms with Gasteiger partial charge in [-0.3, -0.25) is 4.40 Å². The summed E-state index contributed by atoms with van der Waals surface area (Å²) in [5.74, 6) is 0.603. The fourth-order valence-corrected chi connectivity index (χ4v) is 3.77. The molecule has 2 aromatic carbocycles. The average Bonchev–Trinajstić information content (AvgIpc) is 3.29. The molecule has 0 N–H and O–H groups in total. The number of aromatic nitrogens is 3. The number of thiazole rings is 1. The van der Waals surface area contributed by atoms with E-state index in [0.29, 0.717) is 5.84 Å². The molecule has 4 nitrogen and oxygen atoms in total. The summed E-state index contributed by atoms with van der Waals surface area (Å²) in [6, 6.07) is 14.7.